The third-order valence-corrected chi connectivity index (χ3v) is 8.14. The molecule has 226 valence electrons. The molecule has 1 aromatic heterocycles. The van der Waals surface area contributed by atoms with Crippen LogP contribution in [-0.2, 0) is 32.4 Å². The summed E-state index contributed by atoms with van der Waals surface area (Å²) in [5.41, 5.74) is 0.352. The van der Waals surface area contributed by atoms with Crippen LogP contribution in [0, 0.1) is 0 Å². The molecule has 3 unspecified atom stereocenters. The van der Waals surface area contributed by atoms with Crippen LogP contribution in [0.2, 0.25) is 5.02 Å². The summed E-state index contributed by atoms with van der Waals surface area (Å²) in [4.78, 5) is 15.8. The first kappa shape index (κ1) is 31.5. The van der Waals surface area contributed by atoms with Crippen LogP contribution in [0.4, 0.5) is 18.0 Å². The van der Waals surface area contributed by atoms with Gasteiger partial charge in [-0.1, -0.05) is 66.2 Å². The number of carbonyl (C=O) groups is 1. The topological polar surface area (TPSA) is 127 Å². The van der Waals surface area contributed by atoms with Gasteiger partial charge in [-0.15, -0.1) is 0 Å². The van der Waals surface area contributed by atoms with E-state index in [1.54, 1.807) is 54.6 Å². The Labute approximate surface area is 245 Å². The number of aromatic nitrogens is 1. The number of amides is 1. The summed E-state index contributed by atoms with van der Waals surface area (Å²) in [6.07, 6.45) is -7.61. The number of carboxylic acid groups (broad SMARTS) is 1. The smallest absolute Gasteiger partial charge is 0.422 e. The van der Waals surface area contributed by atoms with Crippen molar-refractivity contribution in [2.24, 2.45) is 0 Å². The molecule has 1 aliphatic carbocycles. The summed E-state index contributed by atoms with van der Waals surface area (Å²) in [5.74, 6) is -0.367. The van der Waals surface area contributed by atoms with Crippen LogP contribution < -0.4 is 9.46 Å². The highest BCUT2D eigenvalue weighted by atomic mass is 35.5. The average molecular weight is 630 g/mol. The van der Waals surface area contributed by atoms with Gasteiger partial charge in [-0.05, 0) is 22.8 Å². The van der Waals surface area contributed by atoms with Crippen molar-refractivity contribution in [3.8, 4) is 5.88 Å². The summed E-state index contributed by atoms with van der Waals surface area (Å²) < 4.78 is 86.2. The van der Waals surface area contributed by atoms with Crippen LogP contribution in [0.5, 0.6) is 5.88 Å². The minimum atomic E-state index is -4.72. The van der Waals surface area contributed by atoms with Gasteiger partial charge in [0.05, 0.1) is 37.5 Å². The van der Waals surface area contributed by atoms with Crippen molar-refractivity contribution in [1.82, 2.24) is 14.0 Å². The Kier molecular flexibility index (Phi) is 9.94. The third-order valence-electron chi connectivity index (χ3n) is 6.45. The van der Waals surface area contributed by atoms with Gasteiger partial charge in [-0.2, -0.15) is 30.6 Å². The maximum Gasteiger partial charge on any atom is 0.422 e. The van der Waals surface area contributed by atoms with Gasteiger partial charge in [-0.25, -0.2) is 9.78 Å². The van der Waals surface area contributed by atoms with Crippen molar-refractivity contribution in [1.29, 1.82) is 0 Å². The molecule has 2 aromatic carbocycles. The predicted octanol–water partition coefficient (Wildman–Crippen LogP) is 5.36. The molecule has 2 N–H and O–H groups in total. The van der Waals surface area contributed by atoms with Crippen molar-refractivity contribution in [2.45, 2.75) is 37.4 Å². The number of nitrogens with one attached hydrogen (secondary N) is 1. The second-order valence-corrected chi connectivity index (χ2v) is 11.3. The van der Waals surface area contributed by atoms with Gasteiger partial charge in [0.2, 0.25) is 5.88 Å². The number of methoxy groups -OCH3 is 1. The number of hydrogen-bond donors (Lipinski definition) is 2. The highest BCUT2D eigenvalue weighted by molar-refractivity contribution is 7.87. The predicted molar refractivity (Wildman–Crippen MR) is 145 cm³/mol. The lowest BCUT2D eigenvalue weighted by atomic mass is 9.84. The molecule has 4 rings (SSSR count). The van der Waals surface area contributed by atoms with E-state index in [1.165, 1.54) is 7.11 Å². The zero-order valence-electron chi connectivity index (χ0n) is 22.1. The Balaban J connectivity index is 1.72. The van der Waals surface area contributed by atoms with Crippen molar-refractivity contribution in [3.63, 3.8) is 0 Å². The fourth-order valence-electron chi connectivity index (χ4n) is 4.49. The van der Waals surface area contributed by atoms with Crippen molar-refractivity contribution >= 4 is 27.9 Å². The van der Waals surface area contributed by atoms with Crippen LogP contribution in [0.3, 0.4) is 0 Å². The zero-order chi connectivity index (χ0) is 30.5. The number of alkyl halides is 3. The molecule has 0 spiro atoms. The van der Waals surface area contributed by atoms with E-state index in [-0.39, 0.29) is 29.8 Å². The summed E-state index contributed by atoms with van der Waals surface area (Å²) in [6, 6.07) is 14.3. The highest BCUT2D eigenvalue weighted by Crippen LogP contribution is 2.42. The van der Waals surface area contributed by atoms with Crippen LogP contribution in [-0.4, -0.2) is 55.3 Å². The molecule has 0 saturated heterocycles. The SMILES string of the molecule is COCCOC1CC(Oc2ncc(C(F)(F)F)cc2Cl)C(NS(=O)(=O)N(Cc2ccccc2)C(=O)O)c2ccccc21. The van der Waals surface area contributed by atoms with E-state index >= 15 is 0 Å². The second kappa shape index (κ2) is 13.3. The van der Waals surface area contributed by atoms with E-state index < -0.39 is 57.9 Å². The molecule has 42 heavy (non-hydrogen) atoms. The molecular formula is C27H27ClF3N3O7S. The van der Waals surface area contributed by atoms with Gasteiger partial charge in [-0.3, -0.25) is 0 Å². The van der Waals surface area contributed by atoms with Gasteiger partial charge in [0.25, 0.3) is 0 Å². The number of rotatable bonds is 11. The van der Waals surface area contributed by atoms with Crippen molar-refractivity contribution in [2.75, 3.05) is 20.3 Å². The molecule has 0 fully saturated rings. The lowest BCUT2D eigenvalue weighted by molar-refractivity contribution is -0.137. The van der Waals surface area contributed by atoms with Crippen molar-refractivity contribution < 1.29 is 45.7 Å². The van der Waals surface area contributed by atoms with Gasteiger partial charge in [0.15, 0.2) is 0 Å². The number of nitrogens with zero attached hydrogens (tertiary/aromatic N) is 2. The van der Waals surface area contributed by atoms with Gasteiger partial charge in [0, 0.05) is 19.7 Å². The first-order chi connectivity index (χ1) is 19.9. The second-order valence-electron chi connectivity index (χ2n) is 9.26. The molecule has 0 bridgehead atoms. The summed E-state index contributed by atoms with van der Waals surface area (Å²) in [7, 11) is -3.22. The number of fused-ring (bicyclic) bond motifs is 1. The first-order valence-electron chi connectivity index (χ1n) is 12.6. The van der Waals surface area contributed by atoms with Crippen LogP contribution in [0.1, 0.15) is 40.8 Å². The Morgan fingerprint density at radius 3 is 2.40 bits per heavy atom. The van der Waals surface area contributed by atoms with E-state index in [9.17, 15) is 31.5 Å². The average Bonchev–Trinajstić information content (AvgIpc) is 2.94. The number of hydrogen-bond acceptors (Lipinski definition) is 7. The monoisotopic (exact) mass is 629 g/mol. The Bertz CT molecular complexity index is 1500. The van der Waals surface area contributed by atoms with Crippen LogP contribution >= 0.6 is 11.6 Å². The third kappa shape index (κ3) is 7.50. The lowest BCUT2D eigenvalue weighted by Crippen LogP contribution is -2.49. The molecule has 0 aliphatic heterocycles. The molecule has 1 aliphatic rings. The lowest BCUT2D eigenvalue weighted by Gasteiger charge is -2.38. The molecule has 10 nitrogen and oxygen atoms in total. The summed E-state index contributed by atoms with van der Waals surface area (Å²) in [6.45, 7) is -0.0260. The molecule has 15 heteroatoms. The fourth-order valence-corrected chi connectivity index (χ4v) is 5.95. The van der Waals surface area contributed by atoms with E-state index in [0.29, 0.717) is 29.0 Å². The minimum absolute atomic E-state index is 0.0126. The van der Waals surface area contributed by atoms with E-state index in [2.05, 4.69) is 9.71 Å². The normalized spacial score (nSPS) is 18.7. The van der Waals surface area contributed by atoms with Crippen LogP contribution in [0.15, 0.2) is 66.9 Å². The zero-order valence-corrected chi connectivity index (χ0v) is 23.7. The molecule has 1 amide bonds. The molecular weight excluding hydrogens is 603 g/mol. The molecule has 0 saturated carbocycles. The maximum absolute atomic E-state index is 13.5. The number of pyridine rings is 1. The number of benzene rings is 2. The fraction of sp³-hybridized carbons (Fsp3) is 0.333. The van der Waals surface area contributed by atoms with Crippen LogP contribution in [0.25, 0.3) is 0 Å². The van der Waals surface area contributed by atoms with Crippen molar-refractivity contribution in [3.05, 3.63) is 94.1 Å². The van der Waals surface area contributed by atoms with E-state index in [4.69, 9.17) is 25.8 Å². The quantitative estimate of drug-likeness (QED) is 0.271. The Morgan fingerprint density at radius 2 is 1.79 bits per heavy atom. The minimum Gasteiger partial charge on any atom is -0.471 e. The molecule has 0 radical (unpaired) electrons. The number of halogens is 4. The summed E-state index contributed by atoms with van der Waals surface area (Å²) in [5, 5.41) is 9.37. The van der Waals surface area contributed by atoms with Gasteiger partial charge >= 0.3 is 22.5 Å². The van der Waals surface area contributed by atoms with Gasteiger partial charge < -0.3 is 19.3 Å². The number of ether oxygens (including phenoxy) is 3. The standard InChI is InChI=1S/C27H27ClF3N3O7S/c1-39-11-12-40-22-14-23(41-25-21(28)13-18(15-32-25)27(29,30)31)24(20-10-6-5-9-19(20)22)33-42(37,38)34(26(35)36)16-17-7-3-2-4-8-17/h2-10,13,15,22-24,33H,11-12,14,16H2,1H3,(H,35,36). The Morgan fingerprint density at radius 1 is 1.12 bits per heavy atom. The van der Waals surface area contributed by atoms with E-state index in [0.717, 1.165) is 0 Å². The Hall–Kier alpha value is -3.43. The summed E-state index contributed by atoms with van der Waals surface area (Å²) >= 11 is 6.10. The maximum atomic E-state index is 13.5. The largest absolute Gasteiger partial charge is 0.471 e. The first-order valence-corrected chi connectivity index (χ1v) is 14.4. The molecule has 3 aromatic rings. The molecule has 3 atom stereocenters. The molecule has 1 heterocycles. The van der Waals surface area contributed by atoms with E-state index in [1.807, 2.05) is 0 Å². The highest BCUT2D eigenvalue weighted by Gasteiger charge is 2.42. The van der Waals surface area contributed by atoms with Gasteiger partial charge in [0.1, 0.15) is 11.1 Å².